The number of phenols is 1. The van der Waals surface area contributed by atoms with Crippen molar-refractivity contribution in [1.29, 1.82) is 0 Å². The predicted molar refractivity (Wildman–Crippen MR) is 84.0 cm³/mol. The van der Waals surface area contributed by atoms with Gasteiger partial charge in [-0.2, -0.15) is 0 Å². The van der Waals surface area contributed by atoms with Gasteiger partial charge in [-0.05, 0) is 56.0 Å². The quantitative estimate of drug-likeness (QED) is 0.805. The number of phenolic OH excluding ortho intramolecular Hbond substituents is 1. The molecule has 0 fully saturated rings. The summed E-state index contributed by atoms with van der Waals surface area (Å²) in [5, 5.41) is 12.8. The number of benzene rings is 2. The molecule has 1 atom stereocenters. The van der Waals surface area contributed by atoms with Crippen LogP contribution in [0.25, 0.3) is 0 Å². The fourth-order valence-electron chi connectivity index (χ4n) is 2.26. The van der Waals surface area contributed by atoms with Gasteiger partial charge in [0, 0.05) is 6.04 Å². The highest BCUT2D eigenvalue weighted by Gasteiger charge is 2.02. The van der Waals surface area contributed by atoms with Crippen LogP contribution in [0, 0.1) is 0 Å². The lowest BCUT2D eigenvalue weighted by Crippen LogP contribution is -2.28. The van der Waals surface area contributed by atoms with Crippen molar-refractivity contribution >= 4 is 0 Å². The summed E-state index contributed by atoms with van der Waals surface area (Å²) in [6.45, 7) is 3.21. The van der Waals surface area contributed by atoms with Gasteiger partial charge in [0.15, 0.2) is 0 Å². The van der Waals surface area contributed by atoms with Gasteiger partial charge in [0.1, 0.15) is 5.75 Å². The van der Waals surface area contributed by atoms with Crippen molar-refractivity contribution in [2.45, 2.75) is 32.2 Å². The molecule has 0 aliphatic rings. The maximum absolute atomic E-state index is 9.23. The normalized spacial score (nSPS) is 12.2. The average Bonchev–Trinajstić information content (AvgIpc) is 2.48. The van der Waals surface area contributed by atoms with Crippen LogP contribution >= 0.6 is 0 Å². The molecule has 0 aliphatic heterocycles. The van der Waals surface area contributed by atoms with Gasteiger partial charge in [0.2, 0.25) is 0 Å². The summed E-state index contributed by atoms with van der Waals surface area (Å²) in [5.41, 5.74) is 2.66. The highest BCUT2D eigenvalue weighted by molar-refractivity contribution is 5.26. The van der Waals surface area contributed by atoms with Crippen LogP contribution in [0.15, 0.2) is 54.6 Å². The van der Waals surface area contributed by atoms with Crippen molar-refractivity contribution < 1.29 is 5.11 Å². The molecule has 0 heterocycles. The Kier molecular flexibility index (Phi) is 5.63. The van der Waals surface area contributed by atoms with E-state index in [1.807, 2.05) is 12.1 Å². The first-order chi connectivity index (χ1) is 9.74. The fourth-order valence-corrected chi connectivity index (χ4v) is 2.26. The third-order valence-electron chi connectivity index (χ3n) is 3.55. The van der Waals surface area contributed by atoms with Gasteiger partial charge in [0.05, 0.1) is 0 Å². The topological polar surface area (TPSA) is 32.3 Å². The summed E-state index contributed by atoms with van der Waals surface area (Å²) in [5.74, 6) is 0.331. The number of aryl methyl sites for hydroxylation is 1. The van der Waals surface area contributed by atoms with Crippen molar-refractivity contribution in [3.05, 3.63) is 65.7 Å². The molecule has 0 spiro atoms. The Morgan fingerprint density at radius 3 is 2.25 bits per heavy atom. The van der Waals surface area contributed by atoms with Gasteiger partial charge in [0.25, 0.3) is 0 Å². The minimum atomic E-state index is 0.331. The average molecular weight is 269 g/mol. The van der Waals surface area contributed by atoms with E-state index in [0.717, 1.165) is 25.8 Å². The van der Waals surface area contributed by atoms with Gasteiger partial charge >= 0.3 is 0 Å². The van der Waals surface area contributed by atoms with Gasteiger partial charge in [-0.25, -0.2) is 0 Å². The second-order valence-corrected chi connectivity index (χ2v) is 5.30. The van der Waals surface area contributed by atoms with Crippen LogP contribution in [0.2, 0.25) is 0 Å². The molecule has 0 aliphatic carbocycles. The van der Waals surface area contributed by atoms with E-state index in [0.29, 0.717) is 11.8 Å². The molecule has 0 amide bonds. The van der Waals surface area contributed by atoms with Crippen LogP contribution in [0.3, 0.4) is 0 Å². The van der Waals surface area contributed by atoms with E-state index in [9.17, 15) is 5.11 Å². The zero-order chi connectivity index (χ0) is 14.2. The zero-order valence-electron chi connectivity index (χ0n) is 12.0. The largest absolute Gasteiger partial charge is 0.508 e. The Hall–Kier alpha value is -1.80. The summed E-state index contributed by atoms with van der Waals surface area (Å²) < 4.78 is 0. The van der Waals surface area contributed by atoms with E-state index in [2.05, 4.69) is 42.6 Å². The minimum Gasteiger partial charge on any atom is -0.508 e. The van der Waals surface area contributed by atoms with E-state index in [4.69, 9.17) is 0 Å². The lowest BCUT2D eigenvalue weighted by molar-refractivity contribution is 0.475. The summed E-state index contributed by atoms with van der Waals surface area (Å²) >= 11 is 0. The number of nitrogens with one attached hydrogen (secondary N) is 1. The Morgan fingerprint density at radius 2 is 1.55 bits per heavy atom. The molecule has 2 heteroatoms. The summed E-state index contributed by atoms with van der Waals surface area (Å²) in [4.78, 5) is 0. The summed E-state index contributed by atoms with van der Waals surface area (Å²) in [6.07, 6.45) is 3.27. The highest BCUT2D eigenvalue weighted by atomic mass is 16.3. The number of rotatable bonds is 7. The van der Waals surface area contributed by atoms with Gasteiger partial charge in [-0.1, -0.05) is 42.5 Å². The smallest absolute Gasteiger partial charge is 0.115 e. The third-order valence-corrected chi connectivity index (χ3v) is 3.55. The van der Waals surface area contributed by atoms with E-state index < -0.39 is 0 Å². The summed E-state index contributed by atoms with van der Waals surface area (Å²) in [7, 11) is 0. The molecular formula is C18H23NO. The lowest BCUT2D eigenvalue weighted by atomic mass is 10.1. The van der Waals surface area contributed by atoms with Crippen LogP contribution in [0.5, 0.6) is 5.75 Å². The molecule has 0 bridgehead atoms. The molecule has 2 aromatic rings. The van der Waals surface area contributed by atoms with Crippen LogP contribution in [-0.2, 0) is 12.8 Å². The molecule has 2 aromatic carbocycles. The monoisotopic (exact) mass is 269 g/mol. The molecule has 2 nitrogen and oxygen atoms in total. The van der Waals surface area contributed by atoms with E-state index in [1.54, 1.807) is 12.1 Å². The van der Waals surface area contributed by atoms with Crippen LogP contribution in [0.1, 0.15) is 24.5 Å². The van der Waals surface area contributed by atoms with E-state index >= 15 is 0 Å². The van der Waals surface area contributed by atoms with Crippen LogP contribution in [-0.4, -0.2) is 17.7 Å². The zero-order valence-corrected chi connectivity index (χ0v) is 12.0. The van der Waals surface area contributed by atoms with Gasteiger partial charge in [-0.3, -0.25) is 0 Å². The van der Waals surface area contributed by atoms with Crippen molar-refractivity contribution in [1.82, 2.24) is 5.32 Å². The maximum Gasteiger partial charge on any atom is 0.115 e. The molecule has 2 rings (SSSR count). The first kappa shape index (κ1) is 14.6. The molecule has 0 saturated heterocycles. The summed E-state index contributed by atoms with van der Waals surface area (Å²) in [6, 6.07) is 18.6. The number of aromatic hydroxyl groups is 1. The Balaban J connectivity index is 1.65. The van der Waals surface area contributed by atoms with Crippen molar-refractivity contribution in [2.24, 2.45) is 0 Å². The molecule has 20 heavy (non-hydrogen) atoms. The first-order valence-electron chi connectivity index (χ1n) is 7.29. The molecule has 1 unspecified atom stereocenters. The third kappa shape index (κ3) is 5.06. The standard InChI is InChI=1S/C18H23NO/c1-15(7-8-16-5-3-2-4-6-16)19-14-13-17-9-11-18(20)12-10-17/h2-6,9-12,15,19-20H,7-8,13-14H2,1H3. The second kappa shape index (κ2) is 7.71. The Labute approximate surface area is 121 Å². The lowest BCUT2D eigenvalue weighted by Gasteiger charge is -2.13. The Bertz CT molecular complexity index is 493. The van der Waals surface area contributed by atoms with Crippen LogP contribution < -0.4 is 5.32 Å². The molecule has 0 aromatic heterocycles. The molecule has 0 saturated carbocycles. The molecule has 2 N–H and O–H groups in total. The van der Waals surface area contributed by atoms with Crippen molar-refractivity contribution in [2.75, 3.05) is 6.54 Å². The highest BCUT2D eigenvalue weighted by Crippen LogP contribution is 2.10. The number of hydrogen-bond donors (Lipinski definition) is 2. The fraction of sp³-hybridized carbons (Fsp3) is 0.333. The molecule has 0 radical (unpaired) electrons. The molecule has 106 valence electrons. The van der Waals surface area contributed by atoms with Gasteiger partial charge in [-0.15, -0.1) is 0 Å². The van der Waals surface area contributed by atoms with Gasteiger partial charge < -0.3 is 10.4 Å². The Morgan fingerprint density at radius 1 is 0.900 bits per heavy atom. The second-order valence-electron chi connectivity index (χ2n) is 5.30. The SMILES string of the molecule is CC(CCc1ccccc1)NCCc1ccc(O)cc1. The number of hydrogen-bond acceptors (Lipinski definition) is 2. The minimum absolute atomic E-state index is 0.331. The van der Waals surface area contributed by atoms with Crippen molar-refractivity contribution in [3.63, 3.8) is 0 Å². The van der Waals surface area contributed by atoms with E-state index in [1.165, 1.54) is 11.1 Å². The van der Waals surface area contributed by atoms with Crippen LogP contribution in [0.4, 0.5) is 0 Å². The molecular weight excluding hydrogens is 246 g/mol. The first-order valence-corrected chi connectivity index (χ1v) is 7.29. The van der Waals surface area contributed by atoms with E-state index in [-0.39, 0.29) is 0 Å². The maximum atomic E-state index is 9.23. The predicted octanol–water partition coefficient (Wildman–Crippen LogP) is 3.55. The van der Waals surface area contributed by atoms with Crippen molar-refractivity contribution in [3.8, 4) is 5.75 Å².